The first-order chi connectivity index (χ1) is 11.3. The highest BCUT2D eigenvalue weighted by atomic mass is 19.1. The van der Waals surface area contributed by atoms with E-state index in [1.54, 1.807) is 71.9 Å². The van der Waals surface area contributed by atoms with Gasteiger partial charge in [0.25, 0.3) is 0 Å². The number of hydrogen-bond donors (Lipinski definition) is 1. The first-order valence-corrected chi connectivity index (χ1v) is 8.24. The highest BCUT2D eigenvalue weighted by molar-refractivity contribution is 5.81. The summed E-state index contributed by atoms with van der Waals surface area (Å²) in [5, 5.41) is 2.33. The van der Waals surface area contributed by atoms with Crippen molar-refractivity contribution in [3.8, 4) is 0 Å². The number of carbonyl (C=O) groups excluding carboxylic acids is 2. The van der Waals surface area contributed by atoms with Gasteiger partial charge in [-0.1, -0.05) is 30.3 Å². The molecule has 1 rings (SSSR count). The number of benzene rings is 1. The molecule has 0 aliphatic rings. The van der Waals surface area contributed by atoms with Crippen LogP contribution in [0.3, 0.4) is 0 Å². The van der Waals surface area contributed by atoms with E-state index in [0.717, 1.165) is 0 Å². The minimum Gasteiger partial charge on any atom is -0.458 e. The largest absolute Gasteiger partial charge is 0.458 e. The average Bonchev–Trinajstić information content (AvgIpc) is 2.42. The fourth-order valence-corrected chi connectivity index (χ4v) is 2.02. The maximum Gasteiger partial charge on any atom is 0.407 e. The second-order valence-electron chi connectivity index (χ2n) is 7.99. The second kappa shape index (κ2) is 7.85. The van der Waals surface area contributed by atoms with Gasteiger partial charge in [0.1, 0.15) is 11.2 Å². The van der Waals surface area contributed by atoms with Crippen molar-refractivity contribution in [1.82, 2.24) is 5.32 Å². The molecule has 0 aromatic heterocycles. The summed E-state index contributed by atoms with van der Waals surface area (Å²) >= 11 is 0. The molecule has 1 N–H and O–H groups in total. The van der Waals surface area contributed by atoms with Crippen molar-refractivity contribution in [2.45, 2.75) is 64.8 Å². The molecule has 0 radical (unpaired) electrons. The molecule has 1 aromatic rings. The number of nitrogens with one attached hydrogen (secondary N) is 1. The number of amides is 1. The SMILES string of the molecule is CC(C)(C)OC(=O)NCC(F)(Cc1ccccc1)C(=O)OC(C)(C)C. The van der Waals surface area contributed by atoms with Gasteiger partial charge in [-0.3, -0.25) is 0 Å². The lowest BCUT2D eigenvalue weighted by molar-refractivity contribution is -0.169. The van der Waals surface area contributed by atoms with Crippen molar-refractivity contribution in [3.63, 3.8) is 0 Å². The number of halogens is 1. The highest BCUT2D eigenvalue weighted by Crippen LogP contribution is 2.23. The number of hydrogen-bond acceptors (Lipinski definition) is 4. The summed E-state index contributed by atoms with van der Waals surface area (Å²) in [6, 6.07) is 8.74. The van der Waals surface area contributed by atoms with Crippen LogP contribution in [0.15, 0.2) is 30.3 Å². The normalized spacial score (nSPS) is 14.4. The Bertz CT molecular complexity index is 590. The summed E-state index contributed by atoms with van der Waals surface area (Å²) in [4.78, 5) is 24.2. The first-order valence-electron chi connectivity index (χ1n) is 8.24. The van der Waals surface area contributed by atoms with Gasteiger partial charge in [0, 0.05) is 6.42 Å². The summed E-state index contributed by atoms with van der Waals surface area (Å²) in [6.45, 7) is 9.55. The van der Waals surface area contributed by atoms with E-state index in [1.807, 2.05) is 0 Å². The molecular weight excluding hydrogens is 325 g/mol. The lowest BCUT2D eigenvalue weighted by Crippen LogP contribution is -2.50. The maximum absolute atomic E-state index is 15.4. The third-order valence-electron chi connectivity index (χ3n) is 3.00. The van der Waals surface area contributed by atoms with Gasteiger partial charge in [0.2, 0.25) is 5.67 Å². The molecule has 5 nitrogen and oxygen atoms in total. The molecule has 0 fully saturated rings. The number of carbonyl (C=O) groups is 2. The lowest BCUT2D eigenvalue weighted by Gasteiger charge is -2.29. The van der Waals surface area contributed by atoms with Gasteiger partial charge in [-0.05, 0) is 47.1 Å². The van der Waals surface area contributed by atoms with Crippen molar-refractivity contribution in [2.75, 3.05) is 6.54 Å². The molecule has 1 aromatic carbocycles. The molecule has 0 saturated carbocycles. The Morgan fingerprint density at radius 1 is 0.960 bits per heavy atom. The summed E-state index contributed by atoms with van der Waals surface area (Å²) in [7, 11) is 0. The topological polar surface area (TPSA) is 64.6 Å². The average molecular weight is 353 g/mol. The van der Waals surface area contributed by atoms with Crippen LogP contribution in [0.25, 0.3) is 0 Å². The van der Waals surface area contributed by atoms with Crippen molar-refractivity contribution in [1.29, 1.82) is 0 Å². The van der Waals surface area contributed by atoms with Crippen LogP contribution < -0.4 is 5.32 Å². The standard InChI is InChI=1S/C19H28FNO4/c1-17(2,3)24-15(22)19(20,12-14-10-8-7-9-11-14)13-21-16(23)25-18(4,5)6/h7-11H,12-13H2,1-6H3,(H,21,23). The van der Waals surface area contributed by atoms with Crippen LogP contribution in [0.2, 0.25) is 0 Å². The van der Waals surface area contributed by atoms with E-state index in [4.69, 9.17) is 9.47 Å². The number of rotatable bonds is 5. The Kier molecular flexibility index (Phi) is 6.57. The Morgan fingerprint density at radius 3 is 1.96 bits per heavy atom. The van der Waals surface area contributed by atoms with Gasteiger partial charge in [-0.25, -0.2) is 14.0 Å². The van der Waals surface area contributed by atoms with Gasteiger partial charge in [-0.2, -0.15) is 0 Å². The summed E-state index contributed by atoms with van der Waals surface area (Å²) < 4.78 is 25.7. The molecule has 0 saturated heterocycles. The van der Waals surface area contributed by atoms with E-state index in [-0.39, 0.29) is 6.42 Å². The minimum atomic E-state index is -2.40. The third-order valence-corrected chi connectivity index (χ3v) is 3.00. The predicted molar refractivity (Wildman–Crippen MR) is 94.1 cm³/mol. The van der Waals surface area contributed by atoms with Crippen LogP contribution in [0.1, 0.15) is 47.1 Å². The van der Waals surface area contributed by atoms with Gasteiger partial charge in [0.15, 0.2) is 0 Å². The smallest absolute Gasteiger partial charge is 0.407 e. The highest BCUT2D eigenvalue weighted by Gasteiger charge is 2.43. The number of esters is 1. The zero-order chi connectivity index (χ0) is 19.3. The van der Waals surface area contributed by atoms with Gasteiger partial charge in [-0.15, -0.1) is 0 Å². The molecule has 25 heavy (non-hydrogen) atoms. The van der Waals surface area contributed by atoms with Crippen LogP contribution in [-0.2, 0) is 20.7 Å². The van der Waals surface area contributed by atoms with Crippen LogP contribution in [0, 0.1) is 0 Å². The predicted octanol–water partition coefficient (Wildman–Crippen LogP) is 3.80. The van der Waals surface area contributed by atoms with Gasteiger partial charge < -0.3 is 14.8 Å². The quantitative estimate of drug-likeness (QED) is 0.818. The summed E-state index contributed by atoms with van der Waals surface area (Å²) in [6.07, 6.45) is -0.996. The Morgan fingerprint density at radius 2 is 1.48 bits per heavy atom. The van der Waals surface area contributed by atoms with E-state index in [9.17, 15) is 9.59 Å². The monoisotopic (exact) mass is 353 g/mol. The molecule has 0 heterocycles. The molecule has 0 spiro atoms. The van der Waals surface area contributed by atoms with E-state index in [2.05, 4.69) is 5.32 Å². The molecule has 1 unspecified atom stereocenters. The van der Waals surface area contributed by atoms with E-state index in [1.165, 1.54) is 0 Å². The first kappa shape index (κ1) is 20.9. The zero-order valence-electron chi connectivity index (χ0n) is 15.8. The summed E-state index contributed by atoms with van der Waals surface area (Å²) in [5.74, 6) is -1.01. The molecular formula is C19H28FNO4. The van der Waals surface area contributed by atoms with Crippen molar-refractivity contribution in [3.05, 3.63) is 35.9 Å². The van der Waals surface area contributed by atoms with Crippen LogP contribution in [-0.4, -0.2) is 35.5 Å². The van der Waals surface area contributed by atoms with Crippen LogP contribution >= 0.6 is 0 Å². The fraction of sp³-hybridized carbons (Fsp3) is 0.579. The molecule has 0 aliphatic heterocycles. The van der Waals surface area contributed by atoms with Crippen molar-refractivity contribution in [2.24, 2.45) is 0 Å². The second-order valence-corrected chi connectivity index (χ2v) is 7.99. The molecule has 140 valence electrons. The van der Waals surface area contributed by atoms with Crippen molar-refractivity contribution >= 4 is 12.1 Å². The Hall–Kier alpha value is -2.11. The Balaban J connectivity index is 2.90. The molecule has 0 bridgehead atoms. The van der Waals surface area contributed by atoms with E-state index in [0.29, 0.717) is 5.56 Å². The molecule has 6 heteroatoms. The van der Waals surface area contributed by atoms with Gasteiger partial charge in [0.05, 0.1) is 6.54 Å². The lowest BCUT2D eigenvalue weighted by atomic mass is 9.95. The van der Waals surface area contributed by atoms with Crippen molar-refractivity contribution < 1.29 is 23.5 Å². The van der Waals surface area contributed by atoms with Crippen LogP contribution in [0.4, 0.5) is 9.18 Å². The minimum absolute atomic E-state index is 0.210. The molecule has 1 amide bonds. The fourth-order valence-electron chi connectivity index (χ4n) is 2.02. The number of alkyl halides is 1. The molecule has 1 atom stereocenters. The van der Waals surface area contributed by atoms with E-state index < -0.39 is 35.5 Å². The third kappa shape index (κ3) is 8.01. The Labute approximate surface area is 148 Å². The van der Waals surface area contributed by atoms with Gasteiger partial charge >= 0.3 is 12.1 Å². The van der Waals surface area contributed by atoms with Crippen LogP contribution in [0.5, 0.6) is 0 Å². The number of alkyl carbamates (subject to hydrolysis) is 1. The number of ether oxygens (including phenoxy) is 2. The molecule has 0 aliphatic carbocycles. The zero-order valence-corrected chi connectivity index (χ0v) is 15.8. The van der Waals surface area contributed by atoms with E-state index >= 15 is 4.39 Å². The summed E-state index contributed by atoms with van der Waals surface area (Å²) in [5.41, 5.74) is -3.32. The maximum atomic E-state index is 15.4.